The standard InChI is InChI=1S/C18H26N2O2/c21-18(20-9-5-2-6-10-20)17-11-16(12-19-17)14-22-13-15-7-3-1-4-8-15/h1,3-4,7-8,16-17,19H,2,5-6,9-14H2/t16-,17-/m0/s1. The van der Waals surface area contributed by atoms with Crippen molar-refractivity contribution < 1.29 is 9.53 Å². The van der Waals surface area contributed by atoms with Crippen LogP contribution in [-0.2, 0) is 16.1 Å². The van der Waals surface area contributed by atoms with Crippen molar-refractivity contribution in [3.05, 3.63) is 35.9 Å². The van der Waals surface area contributed by atoms with Gasteiger partial charge in [-0.3, -0.25) is 4.79 Å². The Morgan fingerprint density at radius 1 is 1.18 bits per heavy atom. The van der Waals surface area contributed by atoms with Crippen molar-refractivity contribution >= 4 is 5.91 Å². The van der Waals surface area contributed by atoms with Crippen LogP contribution in [0.4, 0.5) is 0 Å². The molecule has 1 aromatic carbocycles. The summed E-state index contributed by atoms with van der Waals surface area (Å²) in [7, 11) is 0. The molecule has 2 aliphatic heterocycles. The lowest BCUT2D eigenvalue weighted by Crippen LogP contribution is -2.45. The largest absolute Gasteiger partial charge is 0.376 e. The summed E-state index contributed by atoms with van der Waals surface area (Å²) in [6.45, 7) is 4.14. The Morgan fingerprint density at radius 2 is 1.95 bits per heavy atom. The minimum atomic E-state index is 0.00317. The Bertz CT molecular complexity index is 471. The first-order valence-corrected chi connectivity index (χ1v) is 8.47. The number of piperidine rings is 1. The van der Waals surface area contributed by atoms with E-state index in [4.69, 9.17) is 4.74 Å². The molecule has 120 valence electrons. The first kappa shape index (κ1) is 15.5. The predicted octanol–water partition coefficient (Wildman–Crippen LogP) is 2.19. The van der Waals surface area contributed by atoms with E-state index in [0.29, 0.717) is 18.4 Å². The summed E-state index contributed by atoms with van der Waals surface area (Å²) in [5.41, 5.74) is 1.20. The monoisotopic (exact) mass is 302 g/mol. The van der Waals surface area contributed by atoms with Gasteiger partial charge in [-0.05, 0) is 37.2 Å². The number of likely N-dealkylation sites (tertiary alicyclic amines) is 1. The number of carbonyl (C=O) groups is 1. The number of benzene rings is 1. The molecule has 2 heterocycles. The zero-order chi connectivity index (χ0) is 15.2. The van der Waals surface area contributed by atoms with Crippen LogP contribution in [0.15, 0.2) is 30.3 Å². The van der Waals surface area contributed by atoms with E-state index < -0.39 is 0 Å². The van der Waals surface area contributed by atoms with Crippen molar-refractivity contribution in [2.45, 2.75) is 38.3 Å². The van der Waals surface area contributed by atoms with Crippen molar-refractivity contribution in [3.63, 3.8) is 0 Å². The van der Waals surface area contributed by atoms with Gasteiger partial charge in [0.2, 0.25) is 5.91 Å². The average Bonchev–Trinajstić information content (AvgIpc) is 3.05. The zero-order valence-corrected chi connectivity index (χ0v) is 13.2. The molecule has 22 heavy (non-hydrogen) atoms. The second-order valence-corrected chi connectivity index (χ2v) is 6.45. The topological polar surface area (TPSA) is 41.6 Å². The summed E-state index contributed by atoms with van der Waals surface area (Å²) in [6, 6.07) is 10.2. The van der Waals surface area contributed by atoms with E-state index in [1.165, 1.54) is 12.0 Å². The summed E-state index contributed by atoms with van der Waals surface area (Å²) < 4.78 is 5.81. The molecular weight excluding hydrogens is 276 g/mol. The Balaban J connectivity index is 1.39. The summed E-state index contributed by atoms with van der Waals surface area (Å²) in [5, 5.41) is 3.38. The quantitative estimate of drug-likeness (QED) is 0.906. The third-order valence-electron chi connectivity index (χ3n) is 4.65. The molecule has 1 aromatic rings. The van der Waals surface area contributed by atoms with Gasteiger partial charge in [0.05, 0.1) is 19.3 Å². The van der Waals surface area contributed by atoms with E-state index in [0.717, 1.165) is 45.5 Å². The number of nitrogens with one attached hydrogen (secondary N) is 1. The highest BCUT2D eigenvalue weighted by Gasteiger charge is 2.32. The Morgan fingerprint density at radius 3 is 2.73 bits per heavy atom. The maximum atomic E-state index is 12.5. The summed E-state index contributed by atoms with van der Waals surface area (Å²) >= 11 is 0. The lowest BCUT2D eigenvalue weighted by molar-refractivity contribution is -0.134. The lowest BCUT2D eigenvalue weighted by Gasteiger charge is -2.29. The third-order valence-corrected chi connectivity index (χ3v) is 4.65. The first-order valence-electron chi connectivity index (χ1n) is 8.47. The molecule has 2 saturated heterocycles. The molecular formula is C18H26N2O2. The Labute approximate surface area is 132 Å². The van der Waals surface area contributed by atoms with E-state index >= 15 is 0 Å². The molecule has 0 aliphatic carbocycles. The van der Waals surface area contributed by atoms with Crippen LogP contribution in [0.1, 0.15) is 31.2 Å². The molecule has 4 heteroatoms. The van der Waals surface area contributed by atoms with Gasteiger partial charge < -0.3 is 15.0 Å². The molecule has 2 fully saturated rings. The zero-order valence-electron chi connectivity index (χ0n) is 13.2. The van der Waals surface area contributed by atoms with Crippen molar-refractivity contribution in [2.24, 2.45) is 5.92 Å². The lowest BCUT2D eigenvalue weighted by atomic mass is 10.0. The van der Waals surface area contributed by atoms with Gasteiger partial charge in [0, 0.05) is 19.6 Å². The third kappa shape index (κ3) is 4.08. The molecule has 1 N–H and O–H groups in total. The van der Waals surface area contributed by atoms with E-state index in [2.05, 4.69) is 17.4 Å². The van der Waals surface area contributed by atoms with Gasteiger partial charge in [-0.25, -0.2) is 0 Å². The van der Waals surface area contributed by atoms with Crippen LogP contribution in [0, 0.1) is 5.92 Å². The smallest absolute Gasteiger partial charge is 0.239 e. The highest BCUT2D eigenvalue weighted by atomic mass is 16.5. The number of nitrogens with zero attached hydrogens (tertiary/aromatic N) is 1. The molecule has 0 aromatic heterocycles. The summed E-state index contributed by atoms with van der Waals surface area (Å²) in [5.74, 6) is 0.743. The number of hydrogen-bond acceptors (Lipinski definition) is 3. The normalized spacial score (nSPS) is 25.4. The fraction of sp³-hybridized carbons (Fsp3) is 0.611. The fourth-order valence-electron chi connectivity index (χ4n) is 3.38. The molecule has 1 amide bonds. The van der Waals surface area contributed by atoms with Crippen molar-refractivity contribution in [1.82, 2.24) is 10.2 Å². The molecule has 2 aliphatic rings. The summed E-state index contributed by atoms with van der Waals surface area (Å²) in [6.07, 6.45) is 4.48. The molecule has 4 nitrogen and oxygen atoms in total. The number of rotatable bonds is 5. The number of amides is 1. The second-order valence-electron chi connectivity index (χ2n) is 6.45. The van der Waals surface area contributed by atoms with E-state index in [-0.39, 0.29) is 6.04 Å². The van der Waals surface area contributed by atoms with Crippen molar-refractivity contribution in [2.75, 3.05) is 26.2 Å². The highest BCUT2D eigenvalue weighted by Crippen LogP contribution is 2.19. The van der Waals surface area contributed by atoms with Gasteiger partial charge in [0.25, 0.3) is 0 Å². The first-order chi connectivity index (χ1) is 10.8. The molecule has 0 radical (unpaired) electrons. The second kappa shape index (κ2) is 7.75. The minimum absolute atomic E-state index is 0.00317. The van der Waals surface area contributed by atoms with Crippen LogP contribution < -0.4 is 5.32 Å². The van der Waals surface area contributed by atoms with Crippen LogP contribution in [0.3, 0.4) is 0 Å². The van der Waals surface area contributed by atoms with Gasteiger partial charge >= 0.3 is 0 Å². The molecule has 2 atom stereocenters. The van der Waals surface area contributed by atoms with E-state index in [9.17, 15) is 4.79 Å². The number of hydrogen-bond donors (Lipinski definition) is 1. The van der Waals surface area contributed by atoms with Gasteiger partial charge in [0.15, 0.2) is 0 Å². The van der Waals surface area contributed by atoms with Crippen molar-refractivity contribution in [3.8, 4) is 0 Å². The van der Waals surface area contributed by atoms with Gasteiger partial charge in [-0.1, -0.05) is 30.3 Å². The van der Waals surface area contributed by atoms with Crippen LogP contribution >= 0.6 is 0 Å². The molecule has 0 unspecified atom stereocenters. The molecule has 0 spiro atoms. The Hall–Kier alpha value is -1.39. The maximum absolute atomic E-state index is 12.5. The average molecular weight is 302 g/mol. The van der Waals surface area contributed by atoms with Crippen LogP contribution in [-0.4, -0.2) is 43.1 Å². The Kier molecular flexibility index (Phi) is 5.46. The van der Waals surface area contributed by atoms with Gasteiger partial charge in [-0.15, -0.1) is 0 Å². The number of ether oxygens (including phenoxy) is 1. The van der Waals surface area contributed by atoms with E-state index in [1.54, 1.807) is 0 Å². The fourth-order valence-corrected chi connectivity index (χ4v) is 3.38. The highest BCUT2D eigenvalue weighted by molar-refractivity contribution is 5.82. The SMILES string of the molecule is O=C([C@@H]1C[C@H](COCc2ccccc2)CN1)N1CCCCC1. The molecule has 0 bridgehead atoms. The van der Waals surface area contributed by atoms with E-state index in [1.807, 2.05) is 23.1 Å². The molecule has 3 rings (SSSR count). The van der Waals surface area contributed by atoms with Crippen molar-refractivity contribution in [1.29, 1.82) is 0 Å². The maximum Gasteiger partial charge on any atom is 0.239 e. The van der Waals surface area contributed by atoms with Crippen LogP contribution in [0.5, 0.6) is 0 Å². The van der Waals surface area contributed by atoms with Gasteiger partial charge in [0.1, 0.15) is 0 Å². The minimum Gasteiger partial charge on any atom is -0.376 e. The van der Waals surface area contributed by atoms with Gasteiger partial charge in [-0.2, -0.15) is 0 Å². The summed E-state index contributed by atoms with van der Waals surface area (Å²) in [4.78, 5) is 14.5. The number of carbonyl (C=O) groups excluding carboxylic acids is 1. The molecule has 0 saturated carbocycles. The van der Waals surface area contributed by atoms with Crippen LogP contribution in [0.25, 0.3) is 0 Å². The van der Waals surface area contributed by atoms with Crippen LogP contribution in [0.2, 0.25) is 0 Å². The predicted molar refractivity (Wildman–Crippen MR) is 86.4 cm³/mol.